The van der Waals surface area contributed by atoms with Gasteiger partial charge in [0.15, 0.2) is 0 Å². The van der Waals surface area contributed by atoms with E-state index in [1.807, 2.05) is 0 Å². The van der Waals surface area contributed by atoms with Gasteiger partial charge in [0, 0.05) is 30.5 Å². The van der Waals surface area contributed by atoms with E-state index in [2.05, 4.69) is 10.3 Å². The Balaban J connectivity index is 1.65. The Bertz CT molecular complexity index is 779. The molecule has 6 nitrogen and oxygen atoms in total. The number of aromatic nitrogens is 1. The molecule has 0 aliphatic carbocycles. The standard InChI is InChI=1S/C18H19ClN4O2/c19-14-6-7-16(21-10-14)22-17(24)13-4-2-8-23(11-13)18(25)12-3-1-5-15(20)9-12/h1,3,5-7,9-10,13H,2,4,8,11,20H2,(H,21,22,24). The van der Waals surface area contributed by atoms with Crippen molar-refractivity contribution in [2.45, 2.75) is 12.8 Å². The zero-order valence-electron chi connectivity index (χ0n) is 13.6. The predicted octanol–water partition coefficient (Wildman–Crippen LogP) is 2.81. The lowest BCUT2D eigenvalue weighted by Crippen LogP contribution is -2.43. The van der Waals surface area contributed by atoms with Gasteiger partial charge in [-0.05, 0) is 43.2 Å². The van der Waals surface area contributed by atoms with E-state index in [1.165, 1.54) is 6.20 Å². The number of hydrogen-bond donors (Lipinski definition) is 2. The minimum Gasteiger partial charge on any atom is -0.399 e. The van der Waals surface area contributed by atoms with Gasteiger partial charge in [-0.15, -0.1) is 0 Å². The topological polar surface area (TPSA) is 88.3 Å². The number of nitrogens with one attached hydrogen (secondary N) is 1. The molecule has 1 aromatic heterocycles. The monoisotopic (exact) mass is 358 g/mol. The summed E-state index contributed by atoms with van der Waals surface area (Å²) in [4.78, 5) is 30.9. The highest BCUT2D eigenvalue weighted by molar-refractivity contribution is 6.30. The van der Waals surface area contributed by atoms with E-state index in [0.29, 0.717) is 35.2 Å². The summed E-state index contributed by atoms with van der Waals surface area (Å²) in [6.07, 6.45) is 2.99. The number of carbonyl (C=O) groups excluding carboxylic acids is 2. The summed E-state index contributed by atoms with van der Waals surface area (Å²) < 4.78 is 0. The van der Waals surface area contributed by atoms with Gasteiger partial charge in [0.25, 0.3) is 5.91 Å². The maximum Gasteiger partial charge on any atom is 0.253 e. The van der Waals surface area contributed by atoms with Gasteiger partial charge in [-0.2, -0.15) is 0 Å². The van der Waals surface area contributed by atoms with Crippen LogP contribution >= 0.6 is 11.6 Å². The van der Waals surface area contributed by atoms with Crippen LogP contribution in [-0.2, 0) is 4.79 Å². The summed E-state index contributed by atoms with van der Waals surface area (Å²) >= 11 is 5.79. The molecule has 1 saturated heterocycles. The molecule has 0 spiro atoms. The Morgan fingerprint density at radius 3 is 2.84 bits per heavy atom. The lowest BCUT2D eigenvalue weighted by Gasteiger charge is -2.32. The molecule has 1 fully saturated rings. The summed E-state index contributed by atoms with van der Waals surface area (Å²) in [6.45, 7) is 1.02. The number of halogens is 1. The van der Waals surface area contributed by atoms with E-state index in [9.17, 15) is 9.59 Å². The molecule has 1 unspecified atom stereocenters. The van der Waals surface area contributed by atoms with E-state index in [-0.39, 0.29) is 17.7 Å². The number of anilines is 2. The Morgan fingerprint density at radius 2 is 2.12 bits per heavy atom. The number of benzene rings is 1. The normalized spacial score (nSPS) is 17.2. The highest BCUT2D eigenvalue weighted by Gasteiger charge is 2.29. The van der Waals surface area contributed by atoms with Crippen molar-refractivity contribution in [2.24, 2.45) is 5.92 Å². The fourth-order valence-corrected chi connectivity index (χ4v) is 3.02. The summed E-state index contributed by atoms with van der Waals surface area (Å²) in [5.41, 5.74) is 6.84. The number of hydrogen-bond acceptors (Lipinski definition) is 4. The third-order valence-electron chi connectivity index (χ3n) is 4.19. The SMILES string of the molecule is Nc1cccc(C(=O)N2CCCC(C(=O)Nc3ccc(Cl)cn3)C2)c1. The lowest BCUT2D eigenvalue weighted by atomic mass is 9.96. The second-order valence-electron chi connectivity index (χ2n) is 6.07. The van der Waals surface area contributed by atoms with Crippen LogP contribution in [0.3, 0.4) is 0 Å². The van der Waals surface area contributed by atoms with E-state index in [0.717, 1.165) is 12.8 Å². The highest BCUT2D eigenvalue weighted by atomic mass is 35.5. The molecule has 0 radical (unpaired) electrons. The van der Waals surface area contributed by atoms with Gasteiger partial charge >= 0.3 is 0 Å². The Hall–Kier alpha value is -2.60. The van der Waals surface area contributed by atoms with Crippen molar-refractivity contribution in [3.05, 3.63) is 53.2 Å². The number of nitrogens with two attached hydrogens (primary N) is 1. The first-order valence-corrected chi connectivity index (χ1v) is 8.48. The molecule has 1 aliphatic heterocycles. The molecule has 1 atom stereocenters. The third kappa shape index (κ3) is 4.28. The van der Waals surface area contributed by atoms with Gasteiger partial charge in [-0.1, -0.05) is 17.7 Å². The molecule has 3 N–H and O–H groups in total. The Kier molecular flexibility index (Phi) is 5.19. The number of rotatable bonds is 3. The van der Waals surface area contributed by atoms with Gasteiger partial charge in [-0.3, -0.25) is 9.59 Å². The third-order valence-corrected chi connectivity index (χ3v) is 4.42. The van der Waals surface area contributed by atoms with Crippen molar-refractivity contribution in [2.75, 3.05) is 24.1 Å². The van der Waals surface area contributed by atoms with Crippen LogP contribution in [0.1, 0.15) is 23.2 Å². The Morgan fingerprint density at radius 1 is 1.28 bits per heavy atom. The van der Waals surface area contributed by atoms with Gasteiger partial charge < -0.3 is 16.0 Å². The average molecular weight is 359 g/mol. The first-order valence-electron chi connectivity index (χ1n) is 8.10. The summed E-state index contributed by atoms with van der Waals surface area (Å²) in [6, 6.07) is 10.2. The molecular formula is C18H19ClN4O2. The van der Waals surface area contributed by atoms with Crippen molar-refractivity contribution in [3.8, 4) is 0 Å². The van der Waals surface area contributed by atoms with Gasteiger partial charge in [-0.25, -0.2) is 4.98 Å². The smallest absolute Gasteiger partial charge is 0.253 e. The number of likely N-dealkylation sites (tertiary alicyclic amines) is 1. The van der Waals surface area contributed by atoms with Crippen LogP contribution in [0, 0.1) is 5.92 Å². The molecule has 1 aromatic carbocycles. The molecular weight excluding hydrogens is 340 g/mol. The van der Waals surface area contributed by atoms with E-state index < -0.39 is 0 Å². The van der Waals surface area contributed by atoms with Crippen molar-refractivity contribution < 1.29 is 9.59 Å². The largest absolute Gasteiger partial charge is 0.399 e. The van der Waals surface area contributed by atoms with Crippen LogP contribution in [0.4, 0.5) is 11.5 Å². The minimum atomic E-state index is -0.267. The fraction of sp³-hybridized carbons (Fsp3) is 0.278. The maximum absolute atomic E-state index is 12.6. The van der Waals surface area contributed by atoms with E-state index in [1.54, 1.807) is 41.3 Å². The van der Waals surface area contributed by atoms with Crippen LogP contribution in [0.25, 0.3) is 0 Å². The van der Waals surface area contributed by atoms with Crippen molar-refractivity contribution in [1.82, 2.24) is 9.88 Å². The number of amides is 2. The Labute approximate surface area is 151 Å². The van der Waals surface area contributed by atoms with Gasteiger partial charge in [0.05, 0.1) is 10.9 Å². The van der Waals surface area contributed by atoms with Crippen LogP contribution < -0.4 is 11.1 Å². The van der Waals surface area contributed by atoms with E-state index in [4.69, 9.17) is 17.3 Å². The van der Waals surface area contributed by atoms with Crippen molar-refractivity contribution in [3.63, 3.8) is 0 Å². The summed E-state index contributed by atoms with van der Waals surface area (Å²) in [5.74, 6) is -0.0563. The fourth-order valence-electron chi connectivity index (χ4n) is 2.91. The summed E-state index contributed by atoms with van der Waals surface area (Å²) in [7, 11) is 0. The molecule has 3 rings (SSSR count). The van der Waals surface area contributed by atoms with Crippen LogP contribution in [0.15, 0.2) is 42.6 Å². The maximum atomic E-state index is 12.6. The number of piperidine rings is 1. The lowest BCUT2D eigenvalue weighted by molar-refractivity contribution is -0.121. The number of pyridine rings is 1. The first kappa shape index (κ1) is 17.2. The van der Waals surface area contributed by atoms with E-state index >= 15 is 0 Å². The van der Waals surface area contributed by atoms with Crippen molar-refractivity contribution in [1.29, 1.82) is 0 Å². The molecule has 130 valence electrons. The number of nitrogens with zero attached hydrogens (tertiary/aromatic N) is 2. The van der Waals surface area contributed by atoms with Crippen LogP contribution in [-0.4, -0.2) is 34.8 Å². The average Bonchev–Trinajstić information content (AvgIpc) is 2.63. The zero-order chi connectivity index (χ0) is 17.8. The van der Waals surface area contributed by atoms with Crippen LogP contribution in [0.5, 0.6) is 0 Å². The van der Waals surface area contributed by atoms with Crippen LogP contribution in [0.2, 0.25) is 5.02 Å². The zero-order valence-corrected chi connectivity index (χ0v) is 14.4. The number of carbonyl (C=O) groups is 2. The van der Waals surface area contributed by atoms with Crippen molar-refractivity contribution >= 4 is 34.9 Å². The molecule has 0 bridgehead atoms. The van der Waals surface area contributed by atoms with Gasteiger partial charge in [0.1, 0.15) is 5.82 Å². The first-order chi connectivity index (χ1) is 12.0. The molecule has 1 aliphatic rings. The highest BCUT2D eigenvalue weighted by Crippen LogP contribution is 2.21. The number of nitrogen functional groups attached to an aromatic ring is 1. The van der Waals surface area contributed by atoms with Gasteiger partial charge in [0.2, 0.25) is 5.91 Å². The quantitative estimate of drug-likeness (QED) is 0.826. The minimum absolute atomic E-state index is 0.102. The molecule has 0 saturated carbocycles. The molecule has 2 aromatic rings. The summed E-state index contributed by atoms with van der Waals surface area (Å²) in [5, 5.41) is 3.29. The predicted molar refractivity (Wildman–Crippen MR) is 97.4 cm³/mol. The molecule has 7 heteroatoms. The molecule has 2 amide bonds. The second kappa shape index (κ2) is 7.53. The second-order valence-corrected chi connectivity index (χ2v) is 6.50. The molecule has 2 heterocycles. The molecule has 25 heavy (non-hydrogen) atoms.